The summed E-state index contributed by atoms with van der Waals surface area (Å²) in [5.74, 6) is 0.307. The molecule has 0 radical (unpaired) electrons. The number of hydrogen-bond donors (Lipinski definition) is 0. The summed E-state index contributed by atoms with van der Waals surface area (Å²) in [4.78, 5) is 10.6. The number of nitro groups is 1. The van der Waals surface area contributed by atoms with Crippen LogP contribution in [0, 0.1) is 39.7 Å². The molecule has 27 heavy (non-hydrogen) atoms. The smallest absolute Gasteiger partial charge is 0.312 e. The van der Waals surface area contributed by atoms with Crippen molar-refractivity contribution in [1.29, 1.82) is 10.5 Å². The molecule has 3 aromatic rings. The third kappa shape index (κ3) is 3.76. The zero-order valence-electron chi connectivity index (χ0n) is 14.3. The molecular formula is C21H13N3O3. The Hall–Kier alpha value is -4.16. The van der Waals surface area contributed by atoms with E-state index in [2.05, 4.69) is 0 Å². The molecule has 0 unspecified atom stereocenters. The van der Waals surface area contributed by atoms with Gasteiger partial charge in [-0.05, 0) is 30.2 Å². The Kier molecular flexibility index (Phi) is 4.83. The van der Waals surface area contributed by atoms with Crippen LogP contribution in [0.25, 0.3) is 11.1 Å². The van der Waals surface area contributed by atoms with Gasteiger partial charge >= 0.3 is 5.69 Å². The second-order valence-electron chi connectivity index (χ2n) is 5.84. The van der Waals surface area contributed by atoms with Crippen molar-refractivity contribution in [2.75, 3.05) is 0 Å². The summed E-state index contributed by atoms with van der Waals surface area (Å²) in [5, 5.41) is 29.4. The van der Waals surface area contributed by atoms with Crippen molar-refractivity contribution in [3.8, 4) is 34.8 Å². The molecule has 3 rings (SSSR count). The average molecular weight is 355 g/mol. The van der Waals surface area contributed by atoms with Gasteiger partial charge in [0.2, 0.25) is 5.75 Å². The minimum absolute atomic E-state index is 0.0226. The normalized spacial score (nSPS) is 9.89. The number of benzene rings is 3. The summed E-state index contributed by atoms with van der Waals surface area (Å²) in [6, 6.07) is 21.0. The van der Waals surface area contributed by atoms with E-state index in [1.807, 2.05) is 49.4 Å². The molecule has 0 aromatic heterocycles. The minimum atomic E-state index is -0.641. The number of nitrogens with zero attached hydrogens (tertiary/aromatic N) is 3. The number of hydrogen-bond acceptors (Lipinski definition) is 5. The van der Waals surface area contributed by atoms with Crippen LogP contribution >= 0.6 is 0 Å². The molecule has 0 saturated carbocycles. The Morgan fingerprint density at radius 3 is 1.93 bits per heavy atom. The van der Waals surface area contributed by atoms with Crippen molar-refractivity contribution in [3.63, 3.8) is 0 Å². The molecule has 0 N–H and O–H groups in total. The Bertz CT molecular complexity index is 1090. The molecule has 0 bridgehead atoms. The van der Waals surface area contributed by atoms with Crippen LogP contribution in [-0.4, -0.2) is 4.92 Å². The lowest BCUT2D eigenvalue weighted by molar-refractivity contribution is -0.385. The Labute approximate surface area is 155 Å². The maximum atomic E-state index is 11.3. The SMILES string of the molecule is Cc1ccc(-c2ccc(Oc3cc(C#N)c(C#N)cc3[N+](=O)[O-])cc2)cc1. The topological polar surface area (TPSA) is 99.9 Å². The second-order valence-corrected chi connectivity index (χ2v) is 5.84. The van der Waals surface area contributed by atoms with E-state index in [9.17, 15) is 10.1 Å². The van der Waals surface area contributed by atoms with E-state index >= 15 is 0 Å². The zero-order chi connectivity index (χ0) is 19.4. The molecule has 0 heterocycles. The van der Waals surface area contributed by atoms with Crippen molar-refractivity contribution < 1.29 is 9.66 Å². The fourth-order valence-corrected chi connectivity index (χ4v) is 2.57. The first-order valence-corrected chi connectivity index (χ1v) is 7.99. The van der Waals surface area contributed by atoms with Gasteiger partial charge in [-0.2, -0.15) is 10.5 Å². The molecule has 0 fully saturated rings. The van der Waals surface area contributed by atoms with Crippen molar-refractivity contribution in [2.24, 2.45) is 0 Å². The minimum Gasteiger partial charge on any atom is -0.450 e. The Morgan fingerprint density at radius 1 is 0.889 bits per heavy atom. The summed E-state index contributed by atoms with van der Waals surface area (Å²) in [5.41, 5.74) is 2.78. The van der Waals surface area contributed by atoms with Gasteiger partial charge in [-0.25, -0.2) is 0 Å². The second kappa shape index (κ2) is 7.38. The van der Waals surface area contributed by atoms with Crippen molar-refractivity contribution in [3.05, 3.63) is 87.5 Å². The van der Waals surface area contributed by atoms with Gasteiger partial charge in [0, 0.05) is 12.1 Å². The third-order valence-corrected chi connectivity index (χ3v) is 4.00. The van der Waals surface area contributed by atoms with Crippen LogP contribution in [0.15, 0.2) is 60.7 Å². The standard InChI is InChI=1S/C21H13N3O3/c1-14-2-4-15(5-3-14)16-6-8-19(9-7-16)27-21-11-18(13-23)17(12-22)10-20(21)24(25)26/h2-11H,1H3. The van der Waals surface area contributed by atoms with E-state index in [0.29, 0.717) is 5.75 Å². The van der Waals surface area contributed by atoms with Crippen LogP contribution in [0.3, 0.4) is 0 Å². The van der Waals surface area contributed by atoms with Crippen LogP contribution in [0.4, 0.5) is 5.69 Å². The number of nitro benzene ring substituents is 1. The van der Waals surface area contributed by atoms with E-state index < -0.39 is 4.92 Å². The average Bonchev–Trinajstić information content (AvgIpc) is 2.68. The van der Waals surface area contributed by atoms with Gasteiger partial charge in [-0.15, -0.1) is 0 Å². The molecule has 0 spiro atoms. The fraction of sp³-hybridized carbons (Fsp3) is 0.0476. The maximum Gasteiger partial charge on any atom is 0.312 e. The highest BCUT2D eigenvalue weighted by molar-refractivity contribution is 5.65. The number of nitriles is 2. The largest absolute Gasteiger partial charge is 0.450 e. The van der Waals surface area contributed by atoms with E-state index in [0.717, 1.165) is 17.2 Å². The van der Waals surface area contributed by atoms with Gasteiger partial charge in [0.15, 0.2) is 0 Å². The van der Waals surface area contributed by atoms with E-state index in [1.165, 1.54) is 11.6 Å². The van der Waals surface area contributed by atoms with Crippen molar-refractivity contribution in [1.82, 2.24) is 0 Å². The molecule has 3 aromatic carbocycles. The third-order valence-electron chi connectivity index (χ3n) is 4.00. The molecule has 6 heteroatoms. The quantitative estimate of drug-likeness (QED) is 0.478. The molecule has 0 atom stereocenters. The molecule has 0 aliphatic heterocycles. The summed E-state index contributed by atoms with van der Waals surface area (Å²) < 4.78 is 5.62. The molecular weight excluding hydrogens is 342 g/mol. The first-order chi connectivity index (χ1) is 13.0. The highest BCUT2D eigenvalue weighted by Gasteiger charge is 2.20. The van der Waals surface area contributed by atoms with Gasteiger partial charge in [-0.3, -0.25) is 10.1 Å². The lowest BCUT2D eigenvalue weighted by atomic mass is 10.0. The first-order valence-electron chi connectivity index (χ1n) is 7.99. The lowest BCUT2D eigenvalue weighted by Gasteiger charge is -2.09. The van der Waals surface area contributed by atoms with E-state index in [1.54, 1.807) is 18.2 Å². The van der Waals surface area contributed by atoms with Gasteiger partial charge in [0.05, 0.1) is 16.1 Å². The highest BCUT2D eigenvalue weighted by atomic mass is 16.6. The monoisotopic (exact) mass is 355 g/mol. The Morgan fingerprint density at radius 2 is 1.41 bits per heavy atom. The highest BCUT2D eigenvalue weighted by Crippen LogP contribution is 2.34. The van der Waals surface area contributed by atoms with E-state index in [4.69, 9.17) is 15.3 Å². The molecule has 6 nitrogen and oxygen atoms in total. The summed E-state index contributed by atoms with van der Waals surface area (Å²) >= 11 is 0. The van der Waals surface area contributed by atoms with Crippen molar-refractivity contribution in [2.45, 2.75) is 6.92 Å². The van der Waals surface area contributed by atoms with Gasteiger partial charge in [0.25, 0.3) is 0 Å². The fourth-order valence-electron chi connectivity index (χ4n) is 2.57. The molecule has 130 valence electrons. The summed E-state index contributed by atoms with van der Waals surface area (Å²) in [6.07, 6.45) is 0. The Balaban J connectivity index is 1.93. The lowest BCUT2D eigenvalue weighted by Crippen LogP contribution is -1.96. The summed E-state index contributed by atoms with van der Waals surface area (Å²) in [7, 11) is 0. The number of aryl methyl sites for hydroxylation is 1. The maximum absolute atomic E-state index is 11.3. The van der Waals surface area contributed by atoms with Crippen LogP contribution in [0.1, 0.15) is 16.7 Å². The molecule has 0 saturated heterocycles. The summed E-state index contributed by atoms with van der Waals surface area (Å²) in [6.45, 7) is 2.01. The predicted molar refractivity (Wildman–Crippen MR) is 99.2 cm³/mol. The molecule has 0 aliphatic carbocycles. The van der Waals surface area contributed by atoms with E-state index in [-0.39, 0.29) is 22.6 Å². The van der Waals surface area contributed by atoms with Gasteiger partial charge < -0.3 is 4.74 Å². The molecule has 0 amide bonds. The van der Waals surface area contributed by atoms with Gasteiger partial charge in [-0.1, -0.05) is 42.0 Å². The van der Waals surface area contributed by atoms with Crippen LogP contribution in [0.5, 0.6) is 11.5 Å². The van der Waals surface area contributed by atoms with Crippen LogP contribution < -0.4 is 4.74 Å². The predicted octanol–water partition coefficient (Wildman–Crippen LogP) is 5.11. The zero-order valence-corrected chi connectivity index (χ0v) is 14.3. The van der Waals surface area contributed by atoms with Crippen LogP contribution in [-0.2, 0) is 0 Å². The number of rotatable bonds is 4. The van der Waals surface area contributed by atoms with Crippen LogP contribution in [0.2, 0.25) is 0 Å². The number of ether oxygens (including phenoxy) is 1. The van der Waals surface area contributed by atoms with Crippen molar-refractivity contribution >= 4 is 5.69 Å². The first kappa shape index (κ1) is 17.7. The van der Waals surface area contributed by atoms with Gasteiger partial charge in [0.1, 0.15) is 17.9 Å². The molecule has 0 aliphatic rings.